The summed E-state index contributed by atoms with van der Waals surface area (Å²) in [6, 6.07) is 1.77. The summed E-state index contributed by atoms with van der Waals surface area (Å²) in [5.74, 6) is -0.184. The van der Waals surface area contributed by atoms with Crippen molar-refractivity contribution in [2.24, 2.45) is 0 Å². The van der Waals surface area contributed by atoms with Crippen LogP contribution in [0.1, 0.15) is 17.4 Å². The van der Waals surface area contributed by atoms with E-state index < -0.39 is 0 Å². The van der Waals surface area contributed by atoms with E-state index in [2.05, 4.69) is 30.9 Å². The van der Waals surface area contributed by atoms with Gasteiger partial charge in [0.2, 0.25) is 0 Å². The van der Waals surface area contributed by atoms with Gasteiger partial charge in [0.25, 0.3) is 5.91 Å². The van der Waals surface area contributed by atoms with Crippen molar-refractivity contribution < 1.29 is 9.32 Å². The van der Waals surface area contributed by atoms with Gasteiger partial charge in [-0.25, -0.2) is 0 Å². The third-order valence-corrected chi connectivity index (χ3v) is 2.56. The topological polar surface area (TPSA) is 60.1 Å². The number of aromatic nitrogens is 2. The van der Waals surface area contributed by atoms with Gasteiger partial charge < -0.3 is 14.4 Å². The van der Waals surface area contributed by atoms with Crippen LogP contribution in [0, 0.1) is 0 Å². The molecule has 2 aromatic heterocycles. The molecule has 0 unspecified atom stereocenters. The van der Waals surface area contributed by atoms with Crippen molar-refractivity contribution in [1.82, 2.24) is 9.72 Å². The van der Waals surface area contributed by atoms with Crippen molar-refractivity contribution in [1.29, 1.82) is 0 Å². The Morgan fingerprint density at radius 2 is 2.50 bits per heavy atom. The van der Waals surface area contributed by atoms with Crippen LogP contribution in [0.15, 0.2) is 33.7 Å². The molecule has 0 aliphatic heterocycles. The average Bonchev–Trinajstić information content (AvgIpc) is 2.86. The zero-order chi connectivity index (χ0) is 11.5. The molecule has 2 heterocycles. The highest BCUT2D eigenvalue weighted by Crippen LogP contribution is 2.16. The number of nitrogens with zero attached hydrogens (tertiary/aromatic N) is 2. The lowest BCUT2D eigenvalue weighted by molar-refractivity contribution is 0.101. The van der Waals surface area contributed by atoms with Crippen LogP contribution < -0.4 is 5.32 Å². The first-order valence-electron chi connectivity index (χ1n) is 4.77. The highest BCUT2D eigenvalue weighted by molar-refractivity contribution is 9.10. The number of hydrogen-bond acceptors (Lipinski definition) is 3. The van der Waals surface area contributed by atoms with E-state index in [-0.39, 0.29) is 5.91 Å². The van der Waals surface area contributed by atoms with E-state index in [1.165, 1.54) is 12.5 Å². The predicted octanol–water partition coefficient (Wildman–Crippen LogP) is 2.51. The zero-order valence-corrected chi connectivity index (χ0v) is 10.2. The average molecular weight is 284 g/mol. The number of carbonyl (C=O) groups excluding carboxylic acids is 1. The van der Waals surface area contributed by atoms with Gasteiger partial charge in [-0.05, 0) is 28.9 Å². The molecule has 84 valence electrons. The lowest BCUT2D eigenvalue weighted by atomic mass is 10.4. The van der Waals surface area contributed by atoms with Crippen molar-refractivity contribution >= 4 is 27.5 Å². The summed E-state index contributed by atoms with van der Waals surface area (Å²) >= 11 is 3.34. The monoisotopic (exact) mass is 283 g/mol. The first-order valence-corrected chi connectivity index (χ1v) is 5.56. The molecule has 0 aliphatic rings. The minimum absolute atomic E-state index is 0.184. The van der Waals surface area contributed by atoms with Crippen molar-refractivity contribution in [3.63, 3.8) is 0 Å². The van der Waals surface area contributed by atoms with Gasteiger partial charge in [0.15, 0.2) is 0 Å². The highest BCUT2D eigenvalue weighted by atomic mass is 79.9. The fourth-order valence-corrected chi connectivity index (χ4v) is 1.85. The Morgan fingerprint density at radius 3 is 3.12 bits per heavy atom. The maximum absolute atomic E-state index is 11.9. The smallest absolute Gasteiger partial charge is 0.272 e. The number of amides is 1. The molecule has 1 amide bonds. The summed E-state index contributed by atoms with van der Waals surface area (Å²) in [6.07, 6.45) is 4.70. The number of hydrogen-bond donors (Lipinski definition) is 1. The van der Waals surface area contributed by atoms with E-state index >= 15 is 0 Å². The molecule has 0 saturated heterocycles. The normalized spacial score (nSPS) is 10.4. The Kier molecular flexibility index (Phi) is 3.09. The Morgan fingerprint density at radius 1 is 1.69 bits per heavy atom. The molecule has 0 fully saturated rings. The van der Waals surface area contributed by atoms with Gasteiger partial charge in [-0.15, -0.1) is 0 Å². The van der Waals surface area contributed by atoms with Gasteiger partial charge in [-0.2, -0.15) is 0 Å². The number of carbonyl (C=O) groups is 1. The summed E-state index contributed by atoms with van der Waals surface area (Å²) in [6.45, 7) is 2.71. The molecule has 16 heavy (non-hydrogen) atoms. The van der Waals surface area contributed by atoms with E-state index in [9.17, 15) is 4.79 Å². The third-order valence-electron chi connectivity index (χ3n) is 2.13. The van der Waals surface area contributed by atoms with Gasteiger partial charge >= 0.3 is 0 Å². The van der Waals surface area contributed by atoms with Gasteiger partial charge in [0, 0.05) is 17.2 Å². The molecule has 0 aromatic carbocycles. The molecule has 0 saturated carbocycles. The lowest BCUT2D eigenvalue weighted by Gasteiger charge is -2.05. The van der Waals surface area contributed by atoms with Gasteiger partial charge in [-0.3, -0.25) is 4.79 Å². The molecule has 1 N–H and O–H groups in total. The molecule has 2 aromatic rings. The highest BCUT2D eigenvalue weighted by Gasteiger charge is 2.12. The van der Waals surface area contributed by atoms with Gasteiger partial charge in [-0.1, -0.05) is 5.16 Å². The minimum atomic E-state index is -0.184. The van der Waals surface area contributed by atoms with Gasteiger partial charge in [0.1, 0.15) is 17.6 Å². The fraction of sp³-hybridized carbons (Fsp3) is 0.200. The van der Waals surface area contributed by atoms with Crippen LogP contribution in [0.2, 0.25) is 0 Å². The summed E-state index contributed by atoms with van der Waals surface area (Å²) in [4.78, 5) is 11.9. The van der Waals surface area contributed by atoms with E-state index in [1.807, 2.05) is 17.7 Å². The second kappa shape index (κ2) is 4.52. The molecule has 6 heteroatoms. The number of rotatable bonds is 3. The predicted molar refractivity (Wildman–Crippen MR) is 62.3 cm³/mol. The molecule has 0 aliphatic carbocycles. The SMILES string of the molecule is CCn1cc(Br)cc1C(=O)Nc1cnoc1. The quantitative estimate of drug-likeness (QED) is 0.942. The molecule has 5 nitrogen and oxygen atoms in total. The Labute approximate surface area is 101 Å². The van der Waals surface area contributed by atoms with Crippen molar-refractivity contribution in [3.8, 4) is 0 Å². The number of halogens is 1. The molecule has 2 rings (SSSR count). The second-order valence-corrected chi connectivity index (χ2v) is 4.11. The van der Waals surface area contributed by atoms with Crippen molar-refractivity contribution in [2.45, 2.75) is 13.5 Å². The van der Waals surface area contributed by atoms with E-state index in [0.717, 1.165) is 11.0 Å². The van der Waals surface area contributed by atoms with E-state index in [4.69, 9.17) is 0 Å². The van der Waals surface area contributed by atoms with Crippen LogP contribution >= 0.6 is 15.9 Å². The first kappa shape index (κ1) is 10.9. The first-order chi connectivity index (χ1) is 7.70. The minimum Gasteiger partial charge on any atom is -0.363 e. The van der Waals surface area contributed by atoms with Crippen LogP contribution in [-0.4, -0.2) is 15.6 Å². The Bertz CT molecular complexity index is 490. The Balaban J connectivity index is 2.20. The van der Waals surface area contributed by atoms with Crippen LogP contribution in [0.25, 0.3) is 0 Å². The summed E-state index contributed by atoms with van der Waals surface area (Å²) < 4.78 is 7.37. The largest absolute Gasteiger partial charge is 0.363 e. The van der Waals surface area contributed by atoms with Crippen LogP contribution in [-0.2, 0) is 6.54 Å². The molecule has 0 atom stereocenters. The molecular weight excluding hydrogens is 274 g/mol. The lowest BCUT2D eigenvalue weighted by Crippen LogP contribution is -2.15. The van der Waals surface area contributed by atoms with Crippen molar-refractivity contribution in [3.05, 3.63) is 34.9 Å². The van der Waals surface area contributed by atoms with Crippen molar-refractivity contribution in [2.75, 3.05) is 5.32 Å². The summed E-state index contributed by atoms with van der Waals surface area (Å²) in [5, 5.41) is 6.20. The fourth-order valence-electron chi connectivity index (χ4n) is 1.39. The second-order valence-electron chi connectivity index (χ2n) is 3.20. The van der Waals surface area contributed by atoms with E-state index in [1.54, 1.807) is 6.07 Å². The van der Waals surface area contributed by atoms with E-state index in [0.29, 0.717) is 11.4 Å². The number of aryl methyl sites for hydroxylation is 1. The maximum Gasteiger partial charge on any atom is 0.272 e. The van der Waals surface area contributed by atoms with Crippen LogP contribution in [0.4, 0.5) is 5.69 Å². The van der Waals surface area contributed by atoms with Crippen LogP contribution in [0.5, 0.6) is 0 Å². The molecule has 0 spiro atoms. The van der Waals surface area contributed by atoms with Gasteiger partial charge in [0.05, 0.1) is 6.20 Å². The number of nitrogens with one attached hydrogen (secondary N) is 1. The summed E-state index contributed by atoms with van der Waals surface area (Å²) in [5.41, 5.74) is 1.14. The molecule has 0 bridgehead atoms. The number of anilines is 1. The van der Waals surface area contributed by atoms with Crippen LogP contribution in [0.3, 0.4) is 0 Å². The zero-order valence-electron chi connectivity index (χ0n) is 8.61. The summed E-state index contributed by atoms with van der Waals surface area (Å²) in [7, 11) is 0. The molecular formula is C10H10BrN3O2. The third kappa shape index (κ3) is 2.16. The molecule has 0 radical (unpaired) electrons. The standard InChI is InChI=1S/C10H10BrN3O2/c1-2-14-5-7(11)3-9(14)10(15)13-8-4-12-16-6-8/h3-6H,2H2,1H3,(H,13,15). The Hall–Kier alpha value is -1.56. The maximum atomic E-state index is 11.9.